The lowest BCUT2D eigenvalue weighted by molar-refractivity contribution is 0.183. The summed E-state index contributed by atoms with van der Waals surface area (Å²) in [4.78, 5) is 4.26. The van der Waals surface area contributed by atoms with Crippen LogP contribution >= 0.6 is 0 Å². The number of sulfonamides is 1. The van der Waals surface area contributed by atoms with Crippen molar-refractivity contribution < 1.29 is 17.9 Å². The molecule has 0 radical (unpaired) electrons. The summed E-state index contributed by atoms with van der Waals surface area (Å²) in [5.74, 6) is 0.645. The van der Waals surface area contributed by atoms with E-state index in [4.69, 9.17) is 9.47 Å². The van der Waals surface area contributed by atoms with Crippen LogP contribution in [0.5, 0.6) is 5.75 Å². The number of nitrogens with zero attached hydrogens (tertiary/aromatic N) is 1. The summed E-state index contributed by atoms with van der Waals surface area (Å²) < 4.78 is 39.6. The molecule has 1 saturated heterocycles. The van der Waals surface area contributed by atoms with Crippen molar-refractivity contribution in [2.75, 3.05) is 20.3 Å². The molecule has 1 aromatic heterocycles. The first kappa shape index (κ1) is 18.8. The Kier molecular flexibility index (Phi) is 5.60. The molecule has 2 atom stereocenters. The predicted octanol–water partition coefficient (Wildman–Crippen LogP) is 2.24. The molecular formula is C19H24N2O4S. The number of nitrogens with one attached hydrogen (secondary N) is 1. The molecule has 0 bridgehead atoms. The fourth-order valence-electron chi connectivity index (χ4n) is 3.34. The van der Waals surface area contributed by atoms with Crippen LogP contribution in [-0.4, -0.2) is 39.8 Å². The van der Waals surface area contributed by atoms with Gasteiger partial charge in [-0.2, -0.15) is 0 Å². The SMILES string of the molecule is COc1cc(S(=O)(=O)N[C@@H]2COC[C@H]2Cc2ccncc2)c(C)cc1C. The maximum Gasteiger partial charge on any atom is 0.241 e. The van der Waals surface area contributed by atoms with Gasteiger partial charge in [0, 0.05) is 24.4 Å². The fraction of sp³-hybridized carbons (Fsp3) is 0.421. The minimum atomic E-state index is -3.67. The first-order valence-corrected chi connectivity index (χ1v) is 10.0. The third-order valence-electron chi connectivity index (χ3n) is 4.73. The van der Waals surface area contributed by atoms with E-state index in [2.05, 4.69) is 9.71 Å². The topological polar surface area (TPSA) is 77.5 Å². The molecule has 0 amide bonds. The molecule has 0 saturated carbocycles. The highest BCUT2D eigenvalue weighted by molar-refractivity contribution is 7.89. The predicted molar refractivity (Wildman–Crippen MR) is 98.8 cm³/mol. The van der Waals surface area contributed by atoms with Gasteiger partial charge in [-0.05, 0) is 49.1 Å². The largest absolute Gasteiger partial charge is 0.496 e. The smallest absolute Gasteiger partial charge is 0.241 e. The second-order valence-electron chi connectivity index (χ2n) is 6.67. The van der Waals surface area contributed by atoms with Crippen LogP contribution in [0.4, 0.5) is 0 Å². The highest BCUT2D eigenvalue weighted by Gasteiger charge is 2.33. The second-order valence-corrected chi connectivity index (χ2v) is 8.35. The number of ether oxygens (including phenoxy) is 2. The highest BCUT2D eigenvalue weighted by Crippen LogP contribution is 2.27. The first-order chi connectivity index (χ1) is 12.4. The van der Waals surface area contributed by atoms with Gasteiger partial charge in [-0.25, -0.2) is 13.1 Å². The maximum atomic E-state index is 13.0. The highest BCUT2D eigenvalue weighted by atomic mass is 32.2. The van der Waals surface area contributed by atoms with Crippen LogP contribution in [0.2, 0.25) is 0 Å². The van der Waals surface area contributed by atoms with Gasteiger partial charge in [0.2, 0.25) is 10.0 Å². The van der Waals surface area contributed by atoms with Crippen LogP contribution in [0.1, 0.15) is 16.7 Å². The molecule has 7 heteroatoms. The van der Waals surface area contributed by atoms with Gasteiger partial charge in [-0.1, -0.05) is 6.07 Å². The number of rotatable bonds is 6. The Hall–Kier alpha value is -1.96. The molecule has 1 aromatic carbocycles. The molecule has 3 rings (SSSR count). The molecule has 2 heterocycles. The Balaban J connectivity index is 1.80. The van der Waals surface area contributed by atoms with E-state index in [-0.39, 0.29) is 16.9 Å². The molecule has 140 valence electrons. The Morgan fingerprint density at radius 1 is 1.19 bits per heavy atom. The Bertz CT molecular complexity index is 869. The Labute approximate surface area is 154 Å². The van der Waals surface area contributed by atoms with E-state index in [1.807, 2.05) is 25.1 Å². The van der Waals surface area contributed by atoms with E-state index in [0.717, 1.165) is 17.5 Å². The zero-order valence-corrected chi connectivity index (χ0v) is 16.0. The molecule has 1 aliphatic rings. The van der Waals surface area contributed by atoms with Crippen LogP contribution in [0.15, 0.2) is 41.6 Å². The maximum absolute atomic E-state index is 13.0. The summed E-state index contributed by atoms with van der Waals surface area (Å²) in [6.45, 7) is 4.59. The fourth-order valence-corrected chi connectivity index (χ4v) is 4.87. The summed E-state index contributed by atoms with van der Waals surface area (Å²) in [5.41, 5.74) is 2.72. The van der Waals surface area contributed by atoms with Crippen molar-refractivity contribution in [1.82, 2.24) is 9.71 Å². The molecular weight excluding hydrogens is 352 g/mol. The van der Waals surface area contributed by atoms with Crippen LogP contribution in [-0.2, 0) is 21.2 Å². The molecule has 2 aromatic rings. The van der Waals surface area contributed by atoms with E-state index < -0.39 is 10.0 Å². The average molecular weight is 376 g/mol. The van der Waals surface area contributed by atoms with Crippen molar-refractivity contribution in [3.63, 3.8) is 0 Å². The zero-order valence-electron chi connectivity index (χ0n) is 15.2. The second kappa shape index (κ2) is 7.73. The number of benzene rings is 1. The van der Waals surface area contributed by atoms with Crippen molar-refractivity contribution in [3.8, 4) is 5.75 Å². The van der Waals surface area contributed by atoms with E-state index in [1.165, 1.54) is 7.11 Å². The van der Waals surface area contributed by atoms with E-state index in [1.54, 1.807) is 25.4 Å². The third kappa shape index (κ3) is 4.06. The van der Waals surface area contributed by atoms with Crippen molar-refractivity contribution in [2.24, 2.45) is 5.92 Å². The summed E-state index contributed by atoms with van der Waals surface area (Å²) in [6.07, 6.45) is 4.23. The summed E-state index contributed by atoms with van der Waals surface area (Å²) in [6, 6.07) is 7.03. The third-order valence-corrected chi connectivity index (χ3v) is 6.37. The van der Waals surface area contributed by atoms with Gasteiger partial charge in [0.25, 0.3) is 0 Å². The van der Waals surface area contributed by atoms with Gasteiger partial charge in [0.1, 0.15) is 5.75 Å². The summed E-state index contributed by atoms with van der Waals surface area (Å²) in [7, 11) is -2.13. The van der Waals surface area contributed by atoms with Crippen LogP contribution in [0.25, 0.3) is 0 Å². The lowest BCUT2D eigenvalue weighted by Crippen LogP contribution is -2.40. The van der Waals surface area contributed by atoms with Gasteiger partial charge in [-0.3, -0.25) is 4.98 Å². The summed E-state index contributed by atoms with van der Waals surface area (Å²) >= 11 is 0. The zero-order chi connectivity index (χ0) is 18.7. The molecule has 6 nitrogen and oxygen atoms in total. The molecule has 1 N–H and O–H groups in total. The van der Waals surface area contributed by atoms with Crippen LogP contribution in [0, 0.1) is 19.8 Å². The molecule has 26 heavy (non-hydrogen) atoms. The van der Waals surface area contributed by atoms with Gasteiger partial charge in [0.05, 0.1) is 31.3 Å². The Morgan fingerprint density at radius 2 is 1.92 bits per heavy atom. The quantitative estimate of drug-likeness (QED) is 0.837. The van der Waals surface area contributed by atoms with Crippen LogP contribution < -0.4 is 9.46 Å². The number of pyridine rings is 1. The Morgan fingerprint density at radius 3 is 2.62 bits per heavy atom. The minimum Gasteiger partial charge on any atom is -0.496 e. The monoisotopic (exact) mass is 376 g/mol. The van der Waals surface area contributed by atoms with Gasteiger partial charge >= 0.3 is 0 Å². The van der Waals surface area contributed by atoms with E-state index >= 15 is 0 Å². The first-order valence-electron chi connectivity index (χ1n) is 8.55. The van der Waals surface area contributed by atoms with Gasteiger partial charge in [-0.15, -0.1) is 0 Å². The summed E-state index contributed by atoms with van der Waals surface area (Å²) in [5, 5.41) is 0. The average Bonchev–Trinajstić information content (AvgIpc) is 3.01. The van der Waals surface area contributed by atoms with Crippen molar-refractivity contribution in [3.05, 3.63) is 53.3 Å². The number of hydrogen-bond acceptors (Lipinski definition) is 5. The standard InChI is InChI=1S/C19H24N2O4S/c1-13-8-14(2)19(10-18(13)24-3)26(22,23)21-17-12-25-11-16(17)9-15-4-6-20-7-5-15/h4-8,10,16-17,21H,9,11-12H2,1-3H3/t16-,17-/m1/s1. The van der Waals surface area contributed by atoms with Crippen molar-refractivity contribution in [2.45, 2.75) is 31.2 Å². The molecule has 0 aliphatic carbocycles. The van der Waals surface area contributed by atoms with E-state index in [9.17, 15) is 8.42 Å². The van der Waals surface area contributed by atoms with E-state index in [0.29, 0.717) is 24.5 Å². The number of methoxy groups -OCH3 is 1. The normalized spacial score (nSPS) is 20.3. The number of hydrogen-bond donors (Lipinski definition) is 1. The molecule has 0 unspecified atom stereocenters. The van der Waals surface area contributed by atoms with Gasteiger partial charge < -0.3 is 9.47 Å². The molecule has 1 aliphatic heterocycles. The molecule has 1 fully saturated rings. The van der Waals surface area contributed by atoms with Gasteiger partial charge in [0.15, 0.2) is 0 Å². The number of aromatic nitrogens is 1. The van der Waals surface area contributed by atoms with Crippen molar-refractivity contribution >= 4 is 10.0 Å². The minimum absolute atomic E-state index is 0.0832. The van der Waals surface area contributed by atoms with Crippen LogP contribution in [0.3, 0.4) is 0 Å². The lowest BCUT2D eigenvalue weighted by atomic mass is 9.96. The number of aryl methyl sites for hydroxylation is 2. The molecule has 0 spiro atoms. The van der Waals surface area contributed by atoms with Crippen molar-refractivity contribution in [1.29, 1.82) is 0 Å². The lowest BCUT2D eigenvalue weighted by Gasteiger charge is -2.20.